The van der Waals surface area contributed by atoms with E-state index in [0.29, 0.717) is 6.42 Å². The van der Waals surface area contributed by atoms with Gasteiger partial charge in [-0.05, 0) is 27.2 Å². The first-order valence-electron chi connectivity index (χ1n) is 5.39. The van der Waals surface area contributed by atoms with Crippen LogP contribution >= 0.6 is 7.82 Å². The molecule has 0 fully saturated rings. The number of phosphoric ester groups is 1. The third-order valence-electron chi connectivity index (χ3n) is 1.73. The van der Waals surface area contributed by atoms with Crippen molar-refractivity contribution in [3.8, 4) is 0 Å². The van der Waals surface area contributed by atoms with Crippen molar-refractivity contribution in [3.63, 3.8) is 0 Å². The van der Waals surface area contributed by atoms with Gasteiger partial charge in [-0.2, -0.15) is 0 Å². The summed E-state index contributed by atoms with van der Waals surface area (Å²) in [7, 11) is -3.48. The van der Waals surface area contributed by atoms with E-state index in [1.807, 2.05) is 0 Å². The van der Waals surface area contributed by atoms with Gasteiger partial charge in [-0.15, -0.1) is 0 Å². The number of aliphatic carboxylic acids is 1. The Bertz CT molecular complexity index is 302. The van der Waals surface area contributed by atoms with Crippen molar-refractivity contribution in [1.29, 1.82) is 0 Å². The van der Waals surface area contributed by atoms with Gasteiger partial charge in [-0.1, -0.05) is 6.08 Å². The highest BCUT2D eigenvalue weighted by atomic mass is 31.2. The van der Waals surface area contributed by atoms with Crippen molar-refractivity contribution >= 4 is 13.8 Å². The monoisotopic (exact) mass is 266 g/mol. The lowest BCUT2D eigenvalue weighted by Crippen LogP contribution is -2.02. The SMILES string of the molecule is CCOP(=O)(OCC)OCCC=C(C)C(=O)O. The summed E-state index contributed by atoms with van der Waals surface area (Å²) in [6.07, 6.45) is 1.83. The summed E-state index contributed by atoms with van der Waals surface area (Å²) >= 11 is 0. The summed E-state index contributed by atoms with van der Waals surface area (Å²) in [6, 6.07) is 0. The Morgan fingerprint density at radius 2 is 1.76 bits per heavy atom. The lowest BCUT2D eigenvalue weighted by molar-refractivity contribution is -0.132. The van der Waals surface area contributed by atoms with Crippen LogP contribution in [0.1, 0.15) is 27.2 Å². The fourth-order valence-corrected chi connectivity index (χ4v) is 2.14. The van der Waals surface area contributed by atoms with E-state index in [0.717, 1.165) is 0 Å². The Labute approximate surface area is 101 Å². The standard InChI is InChI=1S/C10H19O6P/c1-4-14-17(13,15-5-2)16-8-6-7-9(3)10(11)12/h7H,4-6,8H2,1-3H3,(H,11,12). The van der Waals surface area contributed by atoms with Crippen LogP contribution in [0.5, 0.6) is 0 Å². The highest BCUT2D eigenvalue weighted by Crippen LogP contribution is 2.49. The van der Waals surface area contributed by atoms with Crippen LogP contribution in [0.2, 0.25) is 0 Å². The first-order chi connectivity index (χ1) is 7.95. The molecular formula is C10H19O6P. The molecule has 0 aliphatic carbocycles. The average Bonchev–Trinajstić information content (AvgIpc) is 2.24. The van der Waals surface area contributed by atoms with Gasteiger partial charge in [0.15, 0.2) is 0 Å². The summed E-state index contributed by atoms with van der Waals surface area (Å²) in [5.41, 5.74) is 0.219. The van der Waals surface area contributed by atoms with Crippen molar-refractivity contribution in [2.75, 3.05) is 19.8 Å². The van der Waals surface area contributed by atoms with E-state index in [-0.39, 0.29) is 25.4 Å². The van der Waals surface area contributed by atoms with Gasteiger partial charge >= 0.3 is 13.8 Å². The number of rotatable bonds is 9. The third-order valence-corrected chi connectivity index (χ3v) is 3.38. The smallest absolute Gasteiger partial charge is 0.474 e. The van der Waals surface area contributed by atoms with Crippen LogP contribution in [0.25, 0.3) is 0 Å². The van der Waals surface area contributed by atoms with E-state index in [2.05, 4.69) is 0 Å². The predicted octanol–water partition coefficient (Wildman–Crippen LogP) is 2.61. The fourth-order valence-electron chi connectivity index (χ4n) is 0.955. The van der Waals surface area contributed by atoms with Crippen molar-refractivity contribution in [3.05, 3.63) is 11.6 Å². The number of hydrogen-bond acceptors (Lipinski definition) is 5. The number of carboxylic acid groups (broad SMARTS) is 1. The predicted molar refractivity (Wildman–Crippen MR) is 62.8 cm³/mol. The topological polar surface area (TPSA) is 82.1 Å². The van der Waals surface area contributed by atoms with Gasteiger partial charge in [0.1, 0.15) is 0 Å². The quantitative estimate of drug-likeness (QED) is 0.392. The molecule has 0 amide bonds. The van der Waals surface area contributed by atoms with Crippen molar-refractivity contribution < 1.29 is 28.0 Å². The molecular weight excluding hydrogens is 247 g/mol. The zero-order valence-corrected chi connectivity index (χ0v) is 11.2. The van der Waals surface area contributed by atoms with E-state index >= 15 is 0 Å². The van der Waals surface area contributed by atoms with Crippen LogP contribution in [-0.4, -0.2) is 30.9 Å². The molecule has 0 aliphatic rings. The summed E-state index contributed by atoms with van der Waals surface area (Å²) in [5, 5.41) is 8.60. The second-order valence-electron chi connectivity index (χ2n) is 3.10. The molecule has 0 atom stereocenters. The Morgan fingerprint density at radius 3 is 2.18 bits per heavy atom. The van der Waals surface area contributed by atoms with E-state index < -0.39 is 13.8 Å². The van der Waals surface area contributed by atoms with Crippen LogP contribution in [-0.2, 0) is 22.9 Å². The van der Waals surface area contributed by atoms with Gasteiger partial charge in [0, 0.05) is 5.57 Å². The van der Waals surface area contributed by atoms with Gasteiger partial charge in [0.25, 0.3) is 0 Å². The Morgan fingerprint density at radius 1 is 1.24 bits per heavy atom. The fraction of sp³-hybridized carbons (Fsp3) is 0.700. The molecule has 100 valence electrons. The summed E-state index contributed by atoms with van der Waals surface area (Å²) < 4.78 is 26.6. The number of carboxylic acids is 1. The van der Waals surface area contributed by atoms with Gasteiger partial charge in [-0.25, -0.2) is 9.36 Å². The molecule has 0 aromatic rings. The molecule has 0 saturated heterocycles. The summed E-state index contributed by atoms with van der Waals surface area (Å²) in [4.78, 5) is 10.5. The highest BCUT2D eigenvalue weighted by molar-refractivity contribution is 7.48. The van der Waals surface area contributed by atoms with Crippen molar-refractivity contribution in [2.45, 2.75) is 27.2 Å². The third kappa shape index (κ3) is 7.28. The summed E-state index contributed by atoms with van der Waals surface area (Å²) in [6.45, 7) is 5.38. The number of phosphoric acid groups is 1. The van der Waals surface area contributed by atoms with Crippen LogP contribution < -0.4 is 0 Å². The van der Waals surface area contributed by atoms with Crippen LogP contribution in [0, 0.1) is 0 Å². The van der Waals surface area contributed by atoms with Gasteiger partial charge in [-0.3, -0.25) is 13.6 Å². The zero-order chi connectivity index (χ0) is 13.3. The maximum atomic E-state index is 11.8. The number of hydrogen-bond donors (Lipinski definition) is 1. The second-order valence-corrected chi connectivity index (χ2v) is 4.77. The molecule has 0 spiro atoms. The Kier molecular flexibility index (Phi) is 8.08. The van der Waals surface area contributed by atoms with Crippen molar-refractivity contribution in [2.24, 2.45) is 0 Å². The van der Waals surface area contributed by atoms with Gasteiger partial charge in [0.2, 0.25) is 0 Å². The van der Waals surface area contributed by atoms with Crippen LogP contribution in [0.4, 0.5) is 0 Å². The highest BCUT2D eigenvalue weighted by Gasteiger charge is 2.24. The molecule has 0 radical (unpaired) electrons. The lowest BCUT2D eigenvalue weighted by atomic mass is 10.2. The molecule has 6 nitrogen and oxygen atoms in total. The lowest BCUT2D eigenvalue weighted by Gasteiger charge is -2.15. The van der Waals surface area contributed by atoms with Gasteiger partial charge < -0.3 is 5.11 Å². The van der Waals surface area contributed by atoms with E-state index in [9.17, 15) is 9.36 Å². The largest absolute Gasteiger partial charge is 0.478 e. The zero-order valence-electron chi connectivity index (χ0n) is 10.3. The maximum Gasteiger partial charge on any atom is 0.474 e. The Hall–Kier alpha value is -0.680. The molecule has 0 aromatic heterocycles. The number of carbonyl (C=O) groups is 1. The minimum absolute atomic E-state index is 0.0852. The van der Waals surface area contributed by atoms with E-state index in [4.69, 9.17) is 18.7 Å². The molecule has 7 heteroatoms. The maximum absolute atomic E-state index is 11.8. The molecule has 0 unspecified atom stereocenters. The molecule has 0 rings (SSSR count). The Balaban J connectivity index is 4.11. The minimum Gasteiger partial charge on any atom is -0.478 e. The van der Waals surface area contributed by atoms with E-state index in [1.165, 1.54) is 13.0 Å². The van der Waals surface area contributed by atoms with Crippen molar-refractivity contribution in [1.82, 2.24) is 0 Å². The molecule has 17 heavy (non-hydrogen) atoms. The first kappa shape index (κ1) is 16.3. The molecule has 1 N–H and O–H groups in total. The molecule has 0 saturated carbocycles. The average molecular weight is 266 g/mol. The van der Waals surface area contributed by atoms with Crippen LogP contribution in [0.3, 0.4) is 0 Å². The normalized spacial score (nSPS) is 12.8. The molecule has 0 aliphatic heterocycles. The van der Waals surface area contributed by atoms with E-state index in [1.54, 1.807) is 13.8 Å². The first-order valence-corrected chi connectivity index (χ1v) is 6.85. The summed E-state index contributed by atoms with van der Waals surface area (Å²) in [5.74, 6) is -0.984. The molecule has 0 bridgehead atoms. The molecule has 0 aromatic carbocycles. The molecule has 0 heterocycles. The van der Waals surface area contributed by atoms with Crippen LogP contribution in [0.15, 0.2) is 11.6 Å². The second kappa shape index (κ2) is 8.42. The van der Waals surface area contributed by atoms with Gasteiger partial charge in [0.05, 0.1) is 19.8 Å². The minimum atomic E-state index is -3.48.